The number of carbonyl (C=O) groups excluding carboxylic acids is 1. The fraction of sp³-hybridized carbons (Fsp3) is 0.857. The SMILES string of the molecule is CS(=O)(=O)NC(=O)C[C@H]1CCOC1. The molecule has 0 aliphatic carbocycles. The number of hydrogen-bond acceptors (Lipinski definition) is 4. The molecule has 1 rings (SSSR count). The van der Waals surface area contributed by atoms with Crippen molar-refractivity contribution in [1.82, 2.24) is 4.72 Å². The van der Waals surface area contributed by atoms with Gasteiger partial charge in [0.25, 0.3) is 0 Å². The van der Waals surface area contributed by atoms with Gasteiger partial charge in [-0.1, -0.05) is 0 Å². The Labute approximate surface area is 77.5 Å². The number of nitrogens with one attached hydrogen (secondary N) is 1. The monoisotopic (exact) mass is 207 g/mol. The Balaban J connectivity index is 2.33. The molecule has 0 saturated carbocycles. The van der Waals surface area contributed by atoms with Crippen LogP contribution in [0.25, 0.3) is 0 Å². The van der Waals surface area contributed by atoms with Gasteiger partial charge in [-0.3, -0.25) is 9.52 Å². The van der Waals surface area contributed by atoms with Crippen LogP contribution in [0.15, 0.2) is 0 Å². The zero-order valence-corrected chi connectivity index (χ0v) is 8.26. The molecule has 0 aromatic rings. The van der Waals surface area contributed by atoms with Crippen LogP contribution in [0.4, 0.5) is 0 Å². The van der Waals surface area contributed by atoms with Crippen LogP contribution in [-0.2, 0) is 19.6 Å². The molecule has 1 fully saturated rings. The van der Waals surface area contributed by atoms with E-state index in [9.17, 15) is 13.2 Å². The Kier molecular flexibility index (Phi) is 3.27. The Morgan fingerprint density at radius 2 is 2.31 bits per heavy atom. The lowest BCUT2D eigenvalue weighted by Gasteiger charge is -2.06. The highest BCUT2D eigenvalue weighted by Crippen LogP contribution is 2.15. The van der Waals surface area contributed by atoms with Gasteiger partial charge >= 0.3 is 0 Å². The minimum absolute atomic E-state index is 0.168. The standard InChI is InChI=1S/C7H13NO4S/c1-13(10,11)8-7(9)4-6-2-3-12-5-6/h6H,2-5H2,1H3,(H,8,9)/t6-/m1/s1. The van der Waals surface area contributed by atoms with Crippen molar-refractivity contribution in [2.75, 3.05) is 19.5 Å². The smallest absolute Gasteiger partial charge is 0.233 e. The van der Waals surface area contributed by atoms with Gasteiger partial charge in [0.1, 0.15) is 0 Å². The number of ether oxygens (including phenoxy) is 1. The third-order valence-corrected chi connectivity index (χ3v) is 2.40. The predicted molar refractivity (Wildman–Crippen MR) is 46.5 cm³/mol. The maximum Gasteiger partial charge on any atom is 0.233 e. The van der Waals surface area contributed by atoms with Crippen molar-refractivity contribution in [3.63, 3.8) is 0 Å². The average Bonchev–Trinajstić information content (AvgIpc) is 2.34. The topological polar surface area (TPSA) is 72.5 Å². The van der Waals surface area contributed by atoms with E-state index < -0.39 is 15.9 Å². The van der Waals surface area contributed by atoms with Crippen molar-refractivity contribution < 1.29 is 17.9 Å². The van der Waals surface area contributed by atoms with Crippen molar-refractivity contribution >= 4 is 15.9 Å². The summed E-state index contributed by atoms with van der Waals surface area (Å²) in [6, 6.07) is 0. The molecule has 1 aliphatic rings. The fourth-order valence-electron chi connectivity index (χ4n) is 1.25. The quantitative estimate of drug-likeness (QED) is 0.676. The molecule has 13 heavy (non-hydrogen) atoms. The summed E-state index contributed by atoms with van der Waals surface area (Å²) >= 11 is 0. The summed E-state index contributed by atoms with van der Waals surface area (Å²) in [7, 11) is -3.41. The second-order valence-electron chi connectivity index (χ2n) is 3.23. The summed E-state index contributed by atoms with van der Waals surface area (Å²) in [5.41, 5.74) is 0. The second-order valence-corrected chi connectivity index (χ2v) is 4.98. The van der Waals surface area contributed by atoms with Crippen LogP contribution in [0.3, 0.4) is 0 Å². The molecule has 0 bridgehead atoms. The van der Waals surface area contributed by atoms with Gasteiger partial charge in [0.15, 0.2) is 0 Å². The molecule has 1 saturated heterocycles. The molecular formula is C7H13NO4S. The van der Waals surface area contributed by atoms with E-state index in [2.05, 4.69) is 0 Å². The first kappa shape index (κ1) is 10.5. The van der Waals surface area contributed by atoms with E-state index in [4.69, 9.17) is 4.74 Å². The number of amides is 1. The first-order chi connectivity index (χ1) is 5.97. The first-order valence-corrected chi connectivity index (χ1v) is 5.95. The first-order valence-electron chi connectivity index (χ1n) is 4.06. The van der Waals surface area contributed by atoms with E-state index in [1.807, 2.05) is 4.72 Å². The summed E-state index contributed by atoms with van der Waals surface area (Å²) in [4.78, 5) is 11.1. The van der Waals surface area contributed by atoms with Crippen molar-refractivity contribution in [2.24, 2.45) is 5.92 Å². The highest BCUT2D eigenvalue weighted by molar-refractivity contribution is 7.89. The third-order valence-electron chi connectivity index (χ3n) is 1.80. The van der Waals surface area contributed by atoms with E-state index >= 15 is 0 Å². The third kappa shape index (κ3) is 4.23. The fourth-order valence-corrected chi connectivity index (χ4v) is 1.75. The van der Waals surface area contributed by atoms with E-state index in [1.54, 1.807) is 0 Å². The van der Waals surface area contributed by atoms with Crippen LogP contribution in [0.1, 0.15) is 12.8 Å². The Hall–Kier alpha value is -0.620. The summed E-state index contributed by atoms with van der Waals surface area (Å²) in [5.74, 6) is -0.278. The lowest BCUT2D eigenvalue weighted by atomic mass is 10.1. The van der Waals surface area contributed by atoms with Crippen LogP contribution in [-0.4, -0.2) is 33.8 Å². The molecule has 0 spiro atoms. The lowest BCUT2D eigenvalue weighted by Crippen LogP contribution is -2.30. The van der Waals surface area contributed by atoms with E-state index in [-0.39, 0.29) is 12.3 Å². The van der Waals surface area contributed by atoms with E-state index in [0.29, 0.717) is 13.2 Å². The zero-order valence-electron chi connectivity index (χ0n) is 7.45. The van der Waals surface area contributed by atoms with Crippen LogP contribution >= 0.6 is 0 Å². The highest BCUT2D eigenvalue weighted by Gasteiger charge is 2.20. The molecular weight excluding hydrogens is 194 g/mol. The van der Waals surface area contributed by atoms with Crippen LogP contribution < -0.4 is 4.72 Å². The van der Waals surface area contributed by atoms with Crippen molar-refractivity contribution in [1.29, 1.82) is 0 Å². The van der Waals surface area contributed by atoms with Crippen LogP contribution in [0.2, 0.25) is 0 Å². The number of rotatable bonds is 3. The average molecular weight is 207 g/mol. The van der Waals surface area contributed by atoms with Gasteiger partial charge in [0, 0.05) is 19.6 Å². The molecule has 1 N–H and O–H groups in total. The highest BCUT2D eigenvalue weighted by atomic mass is 32.2. The van der Waals surface area contributed by atoms with Crippen LogP contribution in [0.5, 0.6) is 0 Å². The van der Waals surface area contributed by atoms with Gasteiger partial charge in [-0.15, -0.1) is 0 Å². The lowest BCUT2D eigenvalue weighted by molar-refractivity contribution is -0.120. The minimum atomic E-state index is -3.41. The van der Waals surface area contributed by atoms with Crippen molar-refractivity contribution in [3.8, 4) is 0 Å². The molecule has 1 aliphatic heterocycles. The molecule has 0 aromatic carbocycles. The van der Waals surface area contributed by atoms with Crippen molar-refractivity contribution in [2.45, 2.75) is 12.8 Å². The van der Waals surface area contributed by atoms with Crippen LogP contribution in [0, 0.1) is 5.92 Å². The molecule has 0 unspecified atom stereocenters. The molecule has 6 heteroatoms. The molecule has 0 aromatic heterocycles. The summed E-state index contributed by atoms with van der Waals surface area (Å²) in [6.07, 6.45) is 2.03. The maximum atomic E-state index is 11.1. The molecule has 0 radical (unpaired) electrons. The number of sulfonamides is 1. The van der Waals surface area contributed by atoms with Crippen molar-refractivity contribution in [3.05, 3.63) is 0 Å². The van der Waals surface area contributed by atoms with E-state index in [0.717, 1.165) is 12.7 Å². The maximum absolute atomic E-state index is 11.1. The van der Waals surface area contributed by atoms with E-state index in [1.165, 1.54) is 0 Å². The largest absolute Gasteiger partial charge is 0.381 e. The van der Waals surface area contributed by atoms with Gasteiger partial charge in [0.2, 0.25) is 15.9 Å². The molecule has 5 nitrogen and oxygen atoms in total. The predicted octanol–water partition coefficient (Wildman–Crippen LogP) is -0.511. The Morgan fingerprint density at radius 3 is 2.77 bits per heavy atom. The van der Waals surface area contributed by atoms with Gasteiger partial charge in [0.05, 0.1) is 6.26 Å². The molecule has 1 atom stereocenters. The Morgan fingerprint density at radius 1 is 1.62 bits per heavy atom. The van der Waals surface area contributed by atoms with Gasteiger partial charge in [-0.2, -0.15) is 0 Å². The number of carbonyl (C=O) groups is 1. The molecule has 1 heterocycles. The molecule has 1 amide bonds. The van der Waals surface area contributed by atoms with Gasteiger partial charge < -0.3 is 4.74 Å². The normalized spacial score (nSPS) is 23.0. The zero-order chi connectivity index (χ0) is 9.90. The number of hydrogen-bond donors (Lipinski definition) is 1. The summed E-state index contributed by atoms with van der Waals surface area (Å²) in [5, 5.41) is 0. The molecule has 76 valence electrons. The van der Waals surface area contributed by atoms with Gasteiger partial charge in [-0.25, -0.2) is 8.42 Å². The summed E-state index contributed by atoms with van der Waals surface area (Å²) < 4.78 is 28.3. The minimum Gasteiger partial charge on any atom is -0.381 e. The Bertz CT molecular complexity index is 279. The summed E-state index contributed by atoms with van der Waals surface area (Å²) in [6.45, 7) is 1.22. The second kappa shape index (κ2) is 4.06. The van der Waals surface area contributed by atoms with Gasteiger partial charge in [-0.05, 0) is 12.3 Å².